The molecular formula is C32H27Cl2F3N6O4. The third-order valence-corrected chi connectivity index (χ3v) is 8.59. The zero-order chi connectivity index (χ0) is 33.7. The molecule has 2 aromatic carbocycles. The van der Waals surface area contributed by atoms with Gasteiger partial charge < -0.3 is 15.4 Å². The van der Waals surface area contributed by atoms with E-state index in [-0.39, 0.29) is 28.1 Å². The van der Waals surface area contributed by atoms with Crippen LogP contribution in [-0.2, 0) is 27.1 Å². The lowest BCUT2D eigenvalue weighted by Crippen LogP contribution is -2.49. The van der Waals surface area contributed by atoms with E-state index in [1.54, 1.807) is 19.2 Å². The molecule has 47 heavy (non-hydrogen) atoms. The Morgan fingerprint density at radius 2 is 1.72 bits per heavy atom. The van der Waals surface area contributed by atoms with Gasteiger partial charge in [-0.3, -0.25) is 23.9 Å². The monoisotopic (exact) mass is 686 g/mol. The molecule has 0 unspecified atom stereocenters. The van der Waals surface area contributed by atoms with Crippen LogP contribution in [-0.4, -0.2) is 44.7 Å². The Labute approximate surface area is 276 Å². The van der Waals surface area contributed by atoms with Crippen LogP contribution in [0.5, 0.6) is 5.75 Å². The average Bonchev–Trinajstić information content (AvgIpc) is 3.59. The number of nitrogens with zero attached hydrogens (tertiary/aromatic N) is 4. The molecule has 1 aliphatic carbocycles. The highest BCUT2D eigenvalue weighted by Crippen LogP contribution is 2.45. The number of nitrogens with one attached hydrogen (secondary N) is 2. The van der Waals surface area contributed by atoms with Crippen molar-refractivity contribution >= 4 is 52.6 Å². The summed E-state index contributed by atoms with van der Waals surface area (Å²) in [6, 6.07) is 14.1. The summed E-state index contributed by atoms with van der Waals surface area (Å²) in [5.74, 6) is -1.93. The topological polar surface area (TPSA) is 118 Å². The van der Waals surface area contributed by atoms with Gasteiger partial charge in [0.25, 0.3) is 11.8 Å². The van der Waals surface area contributed by atoms with Gasteiger partial charge in [0, 0.05) is 22.7 Å². The van der Waals surface area contributed by atoms with Gasteiger partial charge in [0.1, 0.15) is 23.0 Å². The first-order valence-electron chi connectivity index (χ1n) is 14.5. The molecule has 15 heteroatoms. The van der Waals surface area contributed by atoms with Crippen molar-refractivity contribution in [1.29, 1.82) is 0 Å². The van der Waals surface area contributed by atoms with Crippen LogP contribution in [0.2, 0.25) is 10.0 Å². The Kier molecular flexibility index (Phi) is 8.17. The smallest absolute Gasteiger partial charge is 0.406 e. The van der Waals surface area contributed by atoms with Crippen molar-refractivity contribution in [3.63, 3.8) is 0 Å². The number of hydrogen-bond acceptors (Lipinski definition) is 6. The van der Waals surface area contributed by atoms with Crippen molar-refractivity contribution < 1.29 is 32.3 Å². The highest BCUT2D eigenvalue weighted by atomic mass is 35.5. The first-order valence-corrected chi connectivity index (χ1v) is 15.2. The maximum absolute atomic E-state index is 14.2. The van der Waals surface area contributed by atoms with E-state index in [1.165, 1.54) is 52.9 Å². The molecule has 2 aliphatic rings. The van der Waals surface area contributed by atoms with Crippen LogP contribution in [0.4, 0.5) is 24.8 Å². The lowest BCUT2D eigenvalue weighted by Gasteiger charge is -2.27. The normalized spacial score (nSPS) is 18.8. The van der Waals surface area contributed by atoms with E-state index >= 15 is 0 Å². The molecule has 3 amide bonds. The summed E-state index contributed by atoms with van der Waals surface area (Å²) in [7, 11) is 0. The minimum atomic E-state index is -4.87. The molecule has 2 atom stereocenters. The van der Waals surface area contributed by atoms with Gasteiger partial charge in [-0.15, -0.1) is 13.2 Å². The molecule has 4 aromatic rings. The van der Waals surface area contributed by atoms with E-state index in [0.717, 1.165) is 17.8 Å². The number of pyridine rings is 1. The van der Waals surface area contributed by atoms with E-state index < -0.39 is 47.0 Å². The van der Waals surface area contributed by atoms with Crippen LogP contribution < -0.4 is 20.3 Å². The molecule has 1 aliphatic heterocycles. The van der Waals surface area contributed by atoms with Gasteiger partial charge in [-0.1, -0.05) is 41.4 Å². The predicted octanol–water partition coefficient (Wildman–Crippen LogP) is 6.04. The van der Waals surface area contributed by atoms with Gasteiger partial charge in [-0.05, 0) is 74.7 Å². The summed E-state index contributed by atoms with van der Waals surface area (Å²) < 4.78 is 43.6. The number of alkyl halides is 3. The molecule has 0 bridgehead atoms. The van der Waals surface area contributed by atoms with Crippen molar-refractivity contribution in [3.05, 3.63) is 100 Å². The van der Waals surface area contributed by atoms with Crippen LogP contribution in [0.25, 0.3) is 0 Å². The lowest BCUT2D eigenvalue weighted by molar-refractivity contribution is -0.274. The van der Waals surface area contributed by atoms with Gasteiger partial charge in [-0.25, -0.2) is 9.88 Å². The first kappa shape index (κ1) is 32.3. The molecule has 1 saturated carbocycles. The number of fused-ring (bicyclic) bond motifs is 1. The summed E-state index contributed by atoms with van der Waals surface area (Å²) in [6.07, 6.45) is -0.561. The highest BCUT2D eigenvalue weighted by Gasteiger charge is 2.51. The van der Waals surface area contributed by atoms with Crippen molar-refractivity contribution in [1.82, 2.24) is 25.2 Å². The molecule has 2 aromatic heterocycles. The third kappa shape index (κ3) is 6.37. The maximum atomic E-state index is 14.2. The van der Waals surface area contributed by atoms with Gasteiger partial charge in [0.05, 0.1) is 23.1 Å². The largest absolute Gasteiger partial charge is 0.573 e. The van der Waals surface area contributed by atoms with Crippen LogP contribution in [0, 0.1) is 0 Å². The van der Waals surface area contributed by atoms with E-state index in [1.807, 2.05) is 12.1 Å². The molecule has 1 fully saturated rings. The van der Waals surface area contributed by atoms with E-state index in [4.69, 9.17) is 23.2 Å². The molecule has 244 valence electrons. The second-order valence-electron chi connectivity index (χ2n) is 11.7. The zero-order valence-corrected chi connectivity index (χ0v) is 26.5. The van der Waals surface area contributed by atoms with Gasteiger partial charge in [0.2, 0.25) is 11.9 Å². The SMILES string of the molecule is C[C@@H](NC(=O)c1cnc2n1[C@](C)(Cc1ccc(OC(F)(F)F)cc1)C(=O)N2c1cc(Cl)cc(Cl)c1)C(=O)NC1(c2ccccn2)CC1. The highest BCUT2D eigenvalue weighted by molar-refractivity contribution is 6.35. The molecule has 0 saturated heterocycles. The number of carbonyl (C=O) groups excluding carboxylic acids is 3. The maximum Gasteiger partial charge on any atom is 0.573 e. The summed E-state index contributed by atoms with van der Waals surface area (Å²) in [5.41, 5.74) is -0.615. The Bertz CT molecular complexity index is 1840. The number of imidazole rings is 1. The lowest BCUT2D eigenvalue weighted by atomic mass is 9.91. The van der Waals surface area contributed by atoms with Crippen molar-refractivity contribution in [2.75, 3.05) is 4.90 Å². The zero-order valence-electron chi connectivity index (χ0n) is 24.9. The number of rotatable bonds is 9. The Morgan fingerprint density at radius 1 is 1.04 bits per heavy atom. The van der Waals surface area contributed by atoms with Gasteiger partial charge in [0.15, 0.2) is 0 Å². The van der Waals surface area contributed by atoms with Crippen LogP contribution in [0.3, 0.4) is 0 Å². The fourth-order valence-electron chi connectivity index (χ4n) is 5.73. The van der Waals surface area contributed by atoms with Crippen molar-refractivity contribution in [2.45, 2.75) is 56.6 Å². The number of hydrogen-bond donors (Lipinski definition) is 2. The number of amides is 3. The van der Waals surface area contributed by atoms with E-state index in [0.29, 0.717) is 24.1 Å². The van der Waals surface area contributed by atoms with Crippen LogP contribution in [0.15, 0.2) is 73.1 Å². The van der Waals surface area contributed by atoms with E-state index in [9.17, 15) is 27.6 Å². The summed E-state index contributed by atoms with van der Waals surface area (Å²) >= 11 is 12.5. The molecule has 10 nitrogen and oxygen atoms in total. The van der Waals surface area contributed by atoms with Crippen molar-refractivity contribution in [2.24, 2.45) is 0 Å². The van der Waals surface area contributed by atoms with Gasteiger partial charge in [-0.2, -0.15) is 0 Å². The van der Waals surface area contributed by atoms with Crippen LogP contribution >= 0.6 is 23.2 Å². The Morgan fingerprint density at radius 3 is 2.32 bits per heavy atom. The minimum absolute atomic E-state index is 0.0194. The fourth-order valence-corrected chi connectivity index (χ4v) is 6.25. The van der Waals surface area contributed by atoms with E-state index in [2.05, 4.69) is 25.3 Å². The standard InChI is InChI=1S/C32H27Cl2F3N6O4/c1-18(26(44)41-31(10-11-31)25-5-3-4-12-38-25)40-27(45)24-17-39-29-42(22-14-20(33)13-21(34)15-22)28(46)30(2,43(24)29)16-19-6-8-23(9-7-19)47-32(35,36)37/h3-9,12-15,17-18H,10-11,16H2,1-2H3,(H,40,45)(H,41,44)/t18-,30-/m1/s1. The number of benzene rings is 2. The molecule has 3 heterocycles. The molecule has 6 rings (SSSR count). The van der Waals surface area contributed by atoms with Crippen LogP contribution in [0.1, 0.15) is 48.4 Å². The quantitative estimate of drug-likeness (QED) is 0.222. The third-order valence-electron chi connectivity index (χ3n) is 8.15. The second kappa shape index (κ2) is 11.9. The number of halogens is 5. The minimum Gasteiger partial charge on any atom is -0.406 e. The Balaban J connectivity index is 1.30. The second-order valence-corrected chi connectivity index (χ2v) is 12.5. The average molecular weight is 688 g/mol. The molecule has 0 spiro atoms. The number of anilines is 2. The molecule has 0 radical (unpaired) electrons. The summed E-state index contributed by atoms with van der Waals surface area (Å²) in [5, 5.41) is 6.21. The van der Waals surface area contributed by atoms with Crippen molar-refractivity contribution in [3.8, 4) is 5.75 Å². The molecular weight excluding hydrogens is 660 g/mol. The fraction of sp³-hybridized carbons (Fsp3) is 0.281. The number of carbonyl (C=O) groups is 3. The summed E-state index contributed by atoms with van der Waals surface area (Å²) in [4.78, 5) is 51.2. The molecule has 2 N–H and O–H groups in total. The summed E-state index contributed by atoms with van der Waals surface area (Å²) in [6.45, 7) is 3.13. The Hall–Kier alpha value is -4.62. The predicted molar refractivity (Wildman–Crippen MR) is 167 cm³/mol. The first-order chi connectivity index (χ1) is 22.2. The number of aromatic nitrogens is 3. The van der Waals surface area contributed by atoms with Gasteiger partial charge >= 0.3 is 6.36 Å². The number of ether oxygens (including phenoxy) is 1.